The minimum Gasteiger partial charge on any atom is -0.102 e. The van der Waals surface area contributed by atoms with Crippen molar-refractivity contribution in [1.29, 1.82) is 0 Å². The Hall–Kier alpha value is -1.56. The van der Waals surface area contributed by atoms with Gasteiger partial charge in [0.1, 0.15) is 0 Å². The molecule has 128 valence electrons. The minimum absolute atomic E-state index is 0.292. The van der Waals surface area contributed by atoms with Crippen molar-refractivity contribution >= 4 is 5.57 Å². The second kappa shape index (κ2) is 11.0. The molecule has 0 aliphatic heterocycles. The Morgan fingerprint density at radius 2 is 1.70 bits per heavy atom. The highest BCUT2D eigenvalue weighted by atomic mass is 14.4. The zero-order valence-electron chi connectivity index (χ0n) is 16.2. The van der Waals surface area contributed by atoms with E-state index in [9.17, 15) is 0 Å². The van der Waals surface area contributed by atoms with Crippen molar-refractivity contribution < 1.29 is 0 Å². The molecule has 0 bridgehead atoms. The van der Waals surface area contributed by atoms with E-state index in [1.165, 1.54) is 35.1 Å². The summed E-state index contributed by atoms with van der Waals surface area (Å²) in [7, 11) is 0. The highest BCUT2D eigenvalue weighted by molar-refractivity contribution is 5.74. The summed E-state index contributed by atoms with van der Waals surface area (Å²) in [4.78, 5) is 0. The summed E-state index contributed by atoms with van der Waals surface area (Å²) < 4.78 is 0. The fourth-order valence-corrected chi connectivity index (χ4v) is 3.29. The smallest absolute Gasteiger partial charge is 0.00401 e. The molecule has 1 aromatic carbocycles. The van der Waals surface area contributed by atoms with E-state index in [2.05, 4.69) is 57.4 Å². The van der Waals surface area contributed by atoms with E-state index in [1.807, 2.05) is 33.8 Å². The van der Waals surface area contributed by atoms with Crippen molar-refractivity contribution in [2.75, 3.05) is 0 Å². The van der Waals surface area contributed by atoms with Crippen LogP contribution in [-0.4, -0.2) is 0 Å². The van der Waals surface area contributed by atoms with Crippen LogP contribution in [0.4, 0.5) is 0 Å². The van der Waals surface area contributed by atoms with Crippen LogP contribution in [0.3, 0.4) is 0 Å². The van der Waals surface area contributed by atoms with Crippen LogP contribution in [0.2, 0.25) is 0 Å². The average molecular weight is 313 g/mol. The van der Waals surface area contributed by atoms with Gasteiger partial charge in [0.2, 0.25) is 0 Å². The molecule has 0 heteroatoms. The zero-order valence-corrected chi connectivity index (χ0v) is 16.2. The summed E-state index contributed by atoms with van der Waals surface area (Å²) in [6.45, 7) is 20.3. The fraction of sp³-hybridized carbons (Fsp3) is 0.478. The van der Waals surface area contributed by atoms with Crippen LogP contribution < -0.4 is 0 Å². The molecule has 1 atom stereocenters. The lowest BCUT2D eigenvalue weighted by Crippen LogP contribution is -2.17. The predicted octanol–water partition coefficient (Wildman–Crippen LogP) is 7.40. The van der Waals surface area contributed by atoms with E-state index in [4.69, 9.17) is 0 Å². The third-order valence-electron chi connectivity index (χ3n) is 4.34. The predicted molar refractivity (Wildman–Crippen MR) is 108 cm³/mol. The maximum atomic E-state index is 4.08. The molecule has 1 unspecified atom stereocenters. The van der Waals surface area contributed by atoms with Crippen LogP contribution in [0, 0.1) is 5.41 Å². The first kappa shape index (κ1) is 21.4. The van der Waals surface area contributed by atoms with Crippen LogP contribution in [0.15, 0.2) is 49.6 Å². The van der Waals surface area contributed by atoms with E-state index in [1.54, 1.807) is 0 Å². The van der Waals surface area contributed by atoms with Crippen molar-refractivity contribution in [3.63, 3.8) is 0 Å². The maximum absolute atomic E-state index is 4.08. The number of fused-ring (bicyclic) bond motifs is 1. The summed E-state index contributed by atoms with van der Waals surface area (Å²) in [5, 5.41) is 0. The zero-order chi connectivity index (χ0) is 17.9. The summed E-state index contributed by atoms with van der Waals surface area (Å²) in [5.41, 5.74) is 5.78. The van der Waals surface area contributed by atoms with Gasteiger partial charge in [-0.1, -0.05) is 84.0 Å². The summed E-state index contributed by atoms with van der Waals surface area (Å²) >= 11 is 0. The van der Waals surface area contributed by atoms with Gasteiger partial charge < -0.3 is 0 Å². The molecule has 0 spiro atoms. The second-order valence-corrected chi connectivity index (χ2v) is 5.60. The molecule has 0 nitrogen and oxygen atoms in total. The number of allylic oxidation sites excluding steroid dienone is 4. The Balaban J connectivity index is 0.00000112. The molecular weight excluding hydrogens is 276 g/mol. The van der Waals surface area contributed by atoms with Crippen molar-refractivity contribution in [1.82, 2.24) is 0 Å². The van der Waals surface area contributed by atoms with Gasteiger partial charge in [-0.2, -0.15) is 0 Å². The highest BCUT2D eigenvalue weighted by Crippen LogP contribution is 2.42. The van der Waals surface area contributed by atoms with E-state index in [0.717, 1.165) is 12.8 Å². The largest absolute Gasteiger partial charge is 0.102 e. The van der Waals surface area contributed by atoms with Crippen LogP contribution >= 0.6 is 0 Å². The molecule has 23 heavy (non-hydrogen) atoms. The topological polar surface area (TPSA) is 0 Å². The van der Waals surface area contributed by atoms with Gasteiger partial charge in [-0.3, -0.25) is 0 Å². The van der Waals surface area contributed by atoms with Gasteiger partial charge in [0, 0.05) is 0 Å². The summed E-state index contributed by atoms with van der Waals surface area (Å²) in [6.07, 6.45) is 11.0. The third kappa shape index (κ3) is 5.23. The van der Waals surface area contributed by atoms with Crippen molar-refractivity contribution in [3.05, 3.63) is 66.3 Å². The van der Waals surface area contributed by atoms with E-state index < -0.39 is 0 Å². The molecule has 0 saturated heterocycles. The molecule has 0 amide bonds. The Bertz CT molecular complexity index is 519. The summed E-state index contributed by atoms with van der Waals surface area (Å²) in [6, 6.07) is 6.85. The van der Waals surface area contributed by atoms with Gasteiger partial charge in [-0.25, -0.2) is 0 Å². The van der Waals surface area contributed by atoms with E-state index in [-0.39, 0.29) is 0 Å². The molecule has 0 aromatic heterocycles. The van der Waals surface area contributed by atoms with Gasteiger partial charge >= 0.3 is 0 Å². The summed E-state index contributed by atoms with van der Waals surface area (Å²) in [5.74, 6) is 0. The first-order valence-corrected chi connectivity index (χ1v) is 9.22. The van der Waals surface area contributed by atoms with Crippen molar-refractivity contribution in [2.24, 2.45) is 5.41 Å². The molecule has 0 N–H and O–H groups in total. The molecular formula is C23H36. The third-order valence-corrected chi connectivity index (χ3v) is 4.34. The normalized spacial score (nSPS) is 18.8. The molecule has 1 aliphatic rings. The maximum Gasteiger partial charge on any atom is -0.00401 e. The molecule has 0 saturated carbocycles. The Kier molecular flexibility index (Phi) is 10.3. The van der Waals surface area contributed by atoms with Crippen molar-refractivity contribution in [3.8, 4) is 0 Å². The molecule has 2 rings (SSSR count). The molecule has 0 fully saturated rings. The van der Waals surface area contributed by atoms with Gasteiger partial charge in [0.05, 0.1) is 0 Å². The number of hydrogen-bond acceptors (Lipinski definition) is 0. The first-order chi connectivity index (χ1) is 11.2. The standard InChI is InChI=1S/C19H24.2C2H6/c1-5-11-19(8-4)13-17-10-9-16(12-18(17)14-19)15(6-2)7-3;2*1-2/h6-10,12H,2,4-5,11,13-14H2,1,3H3;2*1-2H3/b15-7+;;. The van der Waals surface area contributed by atoms with Gasteiger partial charge in [0.15, 0.2) is 0 Å². The van der Waals surface area contributed by atoms with Gasteiger partial charge in [0.25, 0.3) is 0 Å². The molecule has 0 heterocycles. The van der Waals surface area contributed by atoms with E-state index >= 15 is 0 Å². The van der Waals surface area contributed by atoms with Gasteiger partial charge in [-0.05, 0) is 53.9 Å². The van der Waals surface area contributed by atoms with E-state index in [0.29, 0.717) is 5.41 Å². The van der Waals surface area contributed by atoms with Crippen LogP contribution in [0.5, 0.6) is 0 Å². The Morgan fingerprint density at radius 3 is 2.17 bits per heavy atom. The van der Waals surface area contributed by atoms with Crippen LogP contribution in [0.25, 0.3) is 5.57 Å². The second-order valence-electron chi connectivity index (χ2n) is 5.60. The molecule has 1 aliphatic carbocycles. The first-order valence-electron chi connectivity index (χ1n) is 9.22. The monoisotopic (exact) mass is 312 g/mol. The number of hydrogen-bond donors (Lipinski definition) is 0. The SMILES string of the molecule is C=C/C(=C\C)c1ccc2c(c1)CC(C=C)(CCC)C2.CC.CC. The number of rotatable bonds is 5. The Morgan fingerprint density at radius 1 is 1.09 bits per heavy atom. The highest BCUT2D eigenvalue weighted by Gasteiger charge is 2.33. The van der Waals surface area contributed by atoms with Crippen molar-refractivity contribution in [2.45, 2.75) is 67.2 Å². The Labute approximate surface area is 145 Å². The van der Waals surface area contributed by atoms with Crippen LogP contribution in [0.1, 0.15) is 71.1 Å². The lowest BCUT2D eigenvalue weighted by atomic mass is 9.81. The lowest BCUT2D eigenvalue weighted by Gasteiger charge is -2.23. The van der Waals surface area contributed by atoms with Crippen LogP contribution in [-0.2, 0) is 12.8 Å². The quantitative estimate of drug-likeness (QED) is 0.392. The fourth-order valence-electron chi connectivity index (χ4n) is 3.29. The average Bonchev–Trinajstić information content (AvgIpc) is 2.98. The number of benzene rings is 1. The minimum atomic E-state index is 0.292. The van der Waals surface area contributed by atoms with Gasteiger partial charge in [-0.15, -0.1) is 6.58 Å². The molecule has 1 aromatic rings. The lowest BCUT2D eigenvalue weighted by molar-refractivity contribution is 0.369. The molecule has 0 radical (unpaired) electrons.